The van der Waals surface area contributed by atoms with Gasteiger partial charge in [0.15, 0.2) is 11.4 Å². The van der Waals surface area contributed by atoms with E-state index in [2.05, 4.69) is 0 Å². The summed E-state index contributed by atoms with van der Waals surface area (Å²) in [5.74, 6) is -1.57. The Bertz CT molecular complexity index is 461. The minimum atomic E-state index is -2.22. The zero-order chi connectivity index (χ0) is 16.0. The highest BCUT2D eigenvalue weighted by atomic mass is 16.3. The van der Waals surface area contributed by atoms with Crippen LogP contribution in [0.5, 0.6) is 0 Å². The smallest absolute Gasteiger partial charge is 0.202 e. The van der Waals surface area contributed by atoms with E-state index < -0.39 is 29.2 Å². The van der Waals surface area contributed by atoms with Crippen molar-refractivity contribution >= 4 is 18.4 Å². The fraction of sp³-hybridized carbons (Fsp3) is 0.400. The van der Waals surface area contributed by atoms with E-state index in [9.17, 15) is 14.7 Å². The maximum Gasteiger partial charge on any atom is 0.202 e. The summed E-state index contributed by atoms with van der Waals surface area (Å²) in [6.07, 6.45) is 0. The third kappa shape index (κ3) is 3.37. The number of ketones is 2. The molecule has 5 heteroatoms. The molecule has 0 aliphatic carbocycles. The lowest BCUT2D eigenvalue weighted by atomic mass is 9.70. The van der Waals surface area contributed by atoms with Crippen LogP contribution >= 0.6 is 0 Å². The molecule has 110 valence electrons. The van der Waals surface area contributed by atoms with E-state index in [0.717, 1.165) is 0 Å². The van der Waals surface area contributed by atoms with Gasteiger partial charge in [0.25, 0.3) is 0 Å². The summed E-state index contributed by atoms with van der Waals surface area (Å²) in [5.41, 5.74) is -2.97. The summed E-state index contributed by atoms with van der Waals surface area (Å²) in [4.78, 5) is 32.1. The van der Waals surface area contributed by atoms with Crippen LogP contribution in [0.4, 0.5) is 0 Å². The molecule has 1 unspecified atom stereocenters. The van der Waals surface area contributed by atoms with Crippen LogP contribution < -0.4 is 0 Å². The number of rotatable bonds is 4. The maximum absolute atomic E-state index is 12.3. The minimum absolute atomic E-state index is 0.247. The van der Waals surface area contributed by atoms with Gasteiger partial charge in [-0.1, -0.05) is 51.1 Å². The first-order valence-electron chi connectivity index (χ1n) is 6.00. The molecule has 0 amide bonds. The van der Waals surface area contributed by atoms with Gasteiger partial charge in [0.05, 0.1) is 0 Å². The van der Waals surface area contributed by atoms with E-state index >= 15 is 0 Å². The molecule has 1 aromatic carbocycles. The molecule has 0 aromatic heterocycles. The molecule has 1 aromatic rings. The molecule has 0 aliphatic rings. The predicted octanol–water partition coefficient (Wildman–Crippen LogP) is 1.02. The summed E-state index contributed by atoms with van der Waals surface area (Å²) >= 11 is 0. The zero-order valence-electron chi connectivity index (χ0n) is 11.9. The first kappa shape index (κ1) is 18.1. The number of aliphatic hydroxyl groups excluding tert-OH is 1. The highest BCUT2D eigenvalue weighted by Gasteiger charge is 2.52. The summed E-state index contributed by atoms with van der Waals surface area (Å²) in [6, 6.07) is 8.10. The molecule has 5 nitrogen and oxygen atoms in total. The van der Waals surface area contributed by atoms with Crippen molar-refractivity contribution in [3.05, 3.63) is 35.9 Å². The van der Waals surface area contributed by atoms with Crippen LogP contribution in [-0.4, -0.2) is 40.8 Å². The fourth-order valence-electron chi connectivity index (χ4n) is 1.80. The summed E-state index contributed by atoms with van der Waals surface area (Å²) in [6.45, 7) is 5.89. The Morgan fingerprint density at radius 2 is 1.55 bits per heavy atom. The number of Topliss-reactive ketones (excluding diaryl/α,β-unsaturated/α-hetero) is 2. The number of hydrogen-bond acceptors (Lipinski definition) is 5. The van der Waals surface area contributed by atoms with Gasteiger partial charge in [0, 0.05) is 11.0 Å². The highest BCUT2D eigenvalue weighted by Crippen LogP contribution is 2.34. The predicted molar refractivity (Wildman–Crippen MR) is 74.4 cm³/mol. The molecule has 0 radical (unpaired) electrons. The average molecular weight is 280 g/mol. The second kappa shape index (κ2) is 7.07. The molecule has 0 heterocycles. The van der Waals surface area contributed by atoms with Crippen LogP contribution in [0, 0.1) is 5.41 Å². The third-order valence-electron chi connectivity index (χ3n) is 3.00. The van der Waals surface area contributed by atoms with Gasteiger partial charge in [-0.15, -0.1) is 0 Å². The van der Waals surface area contributed by atoms with E-state index in [0.29, 0.717) is 0 Å². The molecule has 0 fully saturated rings. The van der Waals surface area contributed by atoms with Crippen molar-refractivity contribution in [2.24, 2.45) is 5.41 Å². The monoisotopic (exact) mass is 280 g/mol. The van der Waals surface area contributed by atoms with Gasteiger partial charge in [-0.3, -0.25) is 9.59 Å². The van der Waals surface area contributed by atoms with Gasteiger partial charge >= 0.3 is 0 Å². The molecule has 0 bridgehead atoms. The van der Waals surface area contributed by atoms with Crippen molar-refractivity contribution in [3.8, 4) is 0 Å². The maximum atomic E-state index is 12.3. The Kier molecular flexibility index (Phi) is 6.42. The molecular formula is C15H20O5. The van der Waals surface area contributed by atoms with Crippen molar-refractivity contribution in [2.45, 2.75) is 26.4 Å². The highest BCUT2D eigenvalue weighted by molar-refractivity contribution is 6.18. The van der Waals surface area contributed by atoms with Crippen LogP contribution in [0.1, 0.15) is 31.1 Å². The molecule has 20 heavy (non-hydrogen) atoms. The van der Waals surface area contributed by atoms with Crippen LogP contribution in [0.3, 0.4) is 0 Å². The second-order valence-corrected chi connectivity index (χ2v) is 5.24. The minimum Gasteiger partial charge on any atom is -0.388 e. The number of benzene rings is 1. The molecule has 2 N–H and O–H groups in total. The topological polar surface area (TPSA) is 91.7 Å². The first-order valence-corrected chi connectivity index (χ1v) is 6.00. The lowest BCUT2D eigenvalue weighted by molar-refractivity contribution is -0.144. The zero-order valence-corrected chi connectivity index (χ0v) is 11.9. The van der Waals surface area contributed by atoms with Crippen LogP contribution in [0.15, 0.2) is 30.3 Å². The van der Waals surface area contributed by atoms with Crippen LogP contribution in [0.25, 0.3) is 0 Å². The molecule has 0 spiro atoms. The Labute approximate surface area is 118 Å². The number of carbonyl (C=O) groups excluding carboxylic acids is 3. The van der Waals surface area contributed by atoms with Crippen molar-refractivity contribution in [2.75, 3.05) is 6.61 Å². The summed E-state index contributed by atoms with van der Waals surface area (Å²) in [5, 5.41) is 19.4. The van der Waals surface area contributed by atoms with Crippen LogP contribution in [-0.2, 0) is 9.59 Å². The van der Waals surface area contributed by atoms with Gasteiger partial charge < -0.3 is 15.0 Å². The van der Waals surface area contributed by atoms with E-state index in [-0.39, 0.29) is 5.56 Å². The van der Waals surface area contributed by atoms with Gasteiger partial charge in [0.2, 0.25) is 5.78 Å². The Morgan fingerprint density at radius 1 is 1.10 bits per heavy atom. The standard InChI is InChI=1S/C14H18O4.CH2O/c1-13(2,3)14(18,11(16)9-15)12(17)10-7-5-4-6-8-10;1-2/h4-8,15,18H,9H2,1-3H3;1H2. The first-order chi connectivity index (χ1) is 9.25. The molecule has 1 rings (SSSR count). The largest absolute Gasteiger partial charge is 0.388 e. The molecule has 0 aliphatic heterocycles. The fourth-order valence-corrected chi connectivity index (χ4v) is 1.80. The molecule has 0 saturated heterocycles. The number of aliphatic hydroxyl groups is 2. The van der Waals surface area contributed by atoms with Gasteiger partial charge in [-0.25, -0.2) is 0 Å². The van der Waals surface area contributed by atoms with Crippen molar-refractivity contribution in [1.29, 1.82) is 0 Å². The van der Waals surface area contributed by atoms with Gasteiger partial charge in [-0.05, 0) is 0 Å². The van der Waals surface area contributed by atoms with E-state index in [1.807, 2.05) is 6.79 Å². The Morgan fingerprint density at radius 3 is 1.90 bits per heavy atom. The number of hydrogen-bond donors (Lipinski definition) is 2. The Hall–Kier alpha value is -1.85. The molecule has 1 atom stereocenters. The average Bonchev–Trinajstić information content (AvgIpc) is 2.46. The van der Waals surface area contributed by atoms with E-state index in [1.54, 1.807) is 39.0 Å². The lowest BCUT2D eigenvalue weighted by Gasteiger charge is -2.37. The lowest BCUT2D eigenvalue weighted by Crippen LogP contribution is -2.57. The van der Waals surface area contributed by atoms with Gasteiger partial charge in [0.1, 0.15) is 13.4 Å². The SMILES string of the molecule is C=O.CC(C)(C)C(O)(C(=O)CO)C(=O)c1ccccc1. The summed E-state index contributed by atoms with van der Waals surface area (Å²) in [7, 11) is 0. The number of carbonyl (C=O) groups is 3. The molecule has 0 saturated carbocycles. The van der Waals surface area contributed by atoms with E-state index in [4.69, 9.17) is 9.90 Å². The second-order valence-electron chi connectivity index (χ2n) is 5.24. The quantitative estimate of drug-likeness (QED) is 0.634. The van der Waals surface area contributed by atoms with E-state index in [1.165, 1.54) is 12.1 Å². The van der Waals surface area contributed by atoms with Crippen molar-refractivity contribution in [3.63, 3.8) is 0 Å². The summed E-state index contributed by atoms with van der Waals surface area (Å²) < 4.78 is 0. The molecular weight excluding hydrogens is 260 g/mol. The van der Waals surface area contributed by atoms with Gasteiger partial charge in [-0.2, -0.15) is 0 Å². The normalized spacial score (nSPS) is 13.7. The van der Waals surface area contributed by atoms with Crippen LogP contribution in [0.2, 0.25) is 0 Å². The third-order valence-corrected chi connectivity index (χ3v) is 3.00. The Balaban J connectivity index is 0.00000172. The van der Waals surface area contributed by atoms with Crippen molar-refractivity contribution < 1.29 is 24.6 Å². The van der Waals surface area contributed by atoms with Crippen molar-refractivity contribution in [1.82, 2.24) is 0 Å².